The molecule has 1 aliphatic heterocycles. The van der Waals surface area contributed by atoms with Crippen molar-refractivity contribution in [2.24, 2.45) is 0 Å². The van der Waals surface area contributed by atoms with Crippen LogP contribution >= 0.6 is 0 Å². The SMILES string of the molecule is CC(C)(C)[Si](C)(C)OC[C@H]1O[C@@H](n2cnc3c(-c4ccco4)ncnc32)[C@H](O[Si](C)(C)C(C)(C)C)[C@@H]1O[Si](C)(C)C(C)(C)C. The molecule has 3 aromatic heterocycles. The van der Waals surface area contributed by atoms with Crippen LogP contribution in [0.3, 0.4) is 0 Å². The van der Waals surface area contributed by atoms with E-state index >= 15 is 0 Å². The van der Waals surface area contributed by atoms with Crippen molar-refractivity contribution in [3.8, 4) is 11.5 Å². The molecule has 0 saturated carbocycles. The second-order valence-corrected chi connectivity index (χ2v) is 31.2. The molecular formula is C32H56N4O5Si3. The lowest BCUT2D eigenvalue weighted by Crippen LogP contribution is -2.54. The average molecular weight is 661 g/mol. The van der Waals surface area contributed by atoms with Crippen molar-refractivity contribution in [3.63, 3.8) is 0 Å². The van der Waals surface area contributed by atoms with Gasteiger partial charge >= 0.3 is 0 Å². The van der Waals surface area contributed by atoms with E-state index in [1.807, 2.05) is 16.7 Å². The van der Waals surface area contributed by atoms with E-state index in [-0.39, 0.29) is 27.3 Å². The summed E-state index contributed by atoms with van der Waals surface area (Å²) < 4.78 is 36.1. The number of imidazole rings is 1. The Bertz CT molecular complexity index is 1420. The number of furan rings is 1. The number of ether oxygens (including phenoxy) is 1. The Kier molecular flexibility index (Phi) is 9.47. The molecule has 4 rings (SSSR count). The molecule has 4 atom stereocenters. The first-order chi connectivity index (χ1) is 20.0. The number of rotatable bonds is 9. The Morgan fingerprint density at radius 2 is 1.34 bits per heavy atom. The molecule has 9 nitrogen and oxygen atoms in total. The molecule has 0 amide bonds. The van der Waals surface area contributed by atoms with Gasteiger partial charge < -0.3 is 22.4 Å². The predicted octanol–water partition coefficient (Wildman–Crippen LogP) is 8.79. The zero-order valence-corrected chi connectivity index (χ0v) is 32.7. The Morgan fingerprint density at radius 1 is 0.773 bits per heavy atom. The van der Waals surface area contributed by atoms with E-state index in [1.54, 1.807) is 18.9 Å². The summed E-state index contributed by atoms with van der Waals surface area (Å²) >= 11 is 0. The third-order valence-corrected chi connectivity index (χ3v) is 24.0. The fourth-order valence-electron chi connectivity index (χ4n) is 4.51. The predicted molar refractivity (Wildman–Crippen MR) is 184 cm³/mol. The molecule has 0 aromatic carbocycles. The van der Waals surface area contributed by atoms with Gasteiger partial charge in [0, 0.05) is 0 Å². The topological polar surface area (TPSA) is 93.7 Å². The Labute approximate surface area is 267 Å². The van der Waals surface area contributed by atoms with Crippen molar-refractivity contribution in [1.29, 1.82) is 0 Å². The molecule has 0 N–H and O–H groups in total. The smallest absolute Gasteiger partial charge is 0.192 e. The van der Waals surface area contributed by atoms with Gasteiger partial charge in [0.05, 0.1) is 19.2 Å². The summed E-state index contributed by atoms with van der Waals surface area (Å²) in [5.74, 6) is 0.642. The molecule has 246 valence electrons. The summed E-state index contributed by atoms with van der Waals surface area (Å²) in [4.78, 5) is 14.0. The fourth-order valence-corrected chi connectivity index (χ4v) is 8.13. The maximum absolute atomic E-state index is 7.31. The van der Waals surface area contributed by atoms with E-state index < -0.39 is 37.3 Å². The van der Waals surface area contributed by atoms with Gasteiger partial charge in [-0.15, -0.1) is 0 Å². The highest BCUT2D eigenvalue weighted by atomic mass is 28.4. The molecule has 0 radical (unpaired) electrons. The van der Waals surface area contributed by atoms with Gasteiger partial charge in [0.2, 0.25) is 0 Å². The second-order valence-electron chi connectivity index (χ2n) is 16.8. The highest BCUT2D eigenvalue weighted by Gasteiger charge is 2.55. The summed E-state index contributed by atoms with van der Waals surface area (Å²) in [7, 11) is -6.61. The highest BCUT2D eigenvalue weighted by Crippen LogP contribution is 2.47. The van der Waals surface area contributed by atoms with Crippen LogP contribution in [0.5, 0.6) is 0 Å². The van der Waals surface area contributed by atoms with Crippen molar-refractivity contribution in [3.05, 3.63) is 31.1 Å². The molecular weight excluding hydrogens is 605 g/mol. The van der Waals surface area contributed by atoms with Crippen LogP contribution in [0, 0.1) is 0 Å². The Morgan fingerprint density at radius 3 is 1.86 bits per heavy atom. The standard InChI is InChI=1S/C32H56N4O5Si3/c1-30(2,3)42(10,11)38-19-23-26(40-43(12,13)31(4,5)6)27(41-44(14,15)32(7,8)9)29(39-23)36-21-35-25-24(22-17-16-18-37-22)33-20-34-28(25)36/h16-18,20-21,23,26-27,29H,19H2,1-15H3/t23-,26-,27-,29-/m1/s1. The van der Waals surface area contributed by atoms with Gasteiger partial charge in [0.25, 0.3) is 0 Å². The zero-order chi connectivity index (χ0) is 33.1. The third kappa shape index (κ3) is 6.86. The van der Waals surface area contributed by atoms with E-state index in [1.165, 1.54) is 0 Å². The Hall–Kier alpha value is -1.68. The average Bonchev–Trinajstić information content (AvgIpc) is 3.60. The maximum atomic E-state index is 7.31. The van der Waals surface area contributed by atoms with Crippen LogP contribution in [-0.2, 0) is 18.0 Å². The van der Waals surface area contributed by atoms with Gasteiger partial charge in [0.15, 0.2) is 42.6 Å². The van der Waals surface area contributed by atoms with Crippen molar-refractivity contribution in [2.75, 3.05) is 6.61 Å². The minimum Gasteiger partial charge on any atom is -0.463 e. The normalized spacial score (nSPS) is 22.7. The van der Waals surface area contributed by atoms with Gasteiger partial charge in [-0.05, 0) is 66.5 Å². The number of fused-ring (bicyclic) bond motifs is 1. The van der Waals surface area contributed by atoms with E-state index in [4.69, 9.17) is 27.4 Å². The summed E-state index contributed by atoms with van der Waals surface area (Å²) in [6, 6.07) is 3.73. The minimum absolute atomic E-state index is 0.00428. The molecule has 0 aliphatic carbocycles. The first-order valence-electron chi connectivity index (χ1n) is 15.8. The highest BCUT2D eigenvalue weighted by molar-refractivity contribution is 6.75. The van der Waals surface area contributed by atoms with Crippen molar-refractivity contribution in [2.45, 2.75) is 141 Å². The first kappa shape index (κ1) is 35.2. The molecule has 0 spiro atoms. The van der Waals surface area contributed by atoms with Crippen LogP contribution in [-0.4, -0.2) is 69.4 Å². The lowest BCUT2D eigenvalue weighted by atomic mass is 10.1. The van der Waals surface area contributed by atoms with Crippen LogP contribution in [0.2, 0.25) is 54.4 Å². The van der Waals surface area contributed by atoms with Gasteiger partial charge in [-0.2, -0.15) is 0 Å². The van der Waals surface area contributed by atoms with E-state index in [0.717, 1.165) is 0 Å². The van der Waals surface area contributed by atoms with Gasteiger partial charge in [0.1, 0.15) is 35.8 Å². The van der Waals surface area contributed by atoms with Crippen molar-refractivity contribution >= 4 is 36.1 Å². The lowest BCUT2D eigenvalue weighted by Gasteiger charge is -2.44. The fraction of sp³-hybridized carbons (Fsp3) is 0.719. The van der Waals surface area contributed by atoms with Gasteiger partial charge in [-0.3, -0.25) is 4.57 Å². The summed E-state index contributed by atoms with van der Waals surface area (Å²) in [6.07, 6.45) is 3.41. The van der Waals surface area contributed by atoms with E-state index in [0.29, 0.717) is 29.2 Å². The number of nitrogens with zero attached hydrogens (tertiary/aromatic N) is 4. The van der Waals surface area contributed by atoms with E-state index in [2.05, 4.69) is 112 Å². The zero-order valence-electron chi connectivity index (χ0n) is 29.7. The molecule has 0 unspecified atom stereocenters. The first-order valence-corrected chi connectivity index (χ1v) is 24.6. The van der Waals surface area contributed by atoms with Crippen LogP contribution in [0.15, 0.2) is 35.5 Å². The maximum Gasteiger partial charge on any atom is 0.192 e. The molecule has 1 fully saturated rings. The Balaban J connectivity index is 1.85. The molecule has 1 saturated heterocycles. The summed E-state index contributed by atoms with van der Waals surface area (Å²) in [6.45, 7) is 34.6. The third-order valence-electron chi connectivity index (χ3n) is 10.6. The summed E-state index contributed by atoms with van der Waals surface area (Å²) in [5.41, 5.74) is 1.96. The van der Waals surface area contributed by atoms with Crippen LogP contribution in [0.1, 0.15) is 68.5 Å². The van der Waals surface area contributed by atoms with Crippen molar-refractivity contribution in [1.82, 2.24) is 19.5 Å². The van der Waals surface area contributed by atoms with Crippen LogP contribution in [0.4, 0.5) is 0 Å². The van der Waals surface area contributed by atoms with Crippen molar-refractivity contribution < 1.29 is 22.4 Å². The monoisotopic (exact) mass is 660 g/mol. The van der Waals surface area contributed by atoms with E-state index in [9.17, 15) is 0 Å². The number of hydrogen-bond donors (Lipinski definition) is 0. The van der Waals surface area contributed by atoms with Gasteiger partial charge in [-0.1, -0.05) is 62.3 Å². The second kappa shape index (κ2) is 11.8. The number of aromatic nitrogens is 4. The van der Waals surface area contributed by atoms with Crippen LogP contribution < -0.4 is 0 Å². The molecule has 12 heteroatoms. The van der Waals surface area contributed by atoms with Gasteiger partial charge in [-0.25, -0.2) is 15.0 Å². The number of hydrogen-bond acceptors (Lipinski definition) is 8. The molecule has 3 aromatic rings. The molecule has 44 heavy (non-hydrogen) atoms. The quantitative estimate of drug-likeness (QED) is 0.210. The lowest BCUT2D eigenvalue weighted by molar-refractivity contribution is -0.0470. The molecule has 4 heterocycles. The largest absolute Gasteiger partial charge is 0.463 e. The minimum atomic E-state index is -2.29. The summed E-state index contributed by atoms with van der Waals surface area (Å²) in [5, 5.41) is 0.0578. The molecule has 0 bridgehead atoms. The molecule has 1 aliphatic rings. The van der Waals surface area contributed by atoms with Crippen LogP contribution in [0.25, 0.3) is 22.6 Å².